The second kappa shape index (κ2) is 11.7. The van der Waals surface area contributed by atoms with Crippen LogP contribution in [0.3, 0.4) is 0 Å². The number of hydrogen-bond acceptors (Lipinski definition) is 4. The highest BCUT2D eigenvalue weighted by Crippen LogP contribution is 2.24. The summed E-state index contributed by atoms with van der Waals surface area (Å²) in [7, 11) is 1.87. The van der Waals surface area contributed by atoms with Gasteiger partial charge in [0.2, 0.25) is 5.91 Å². The Hall–Kier alpha value is -2.66. The number of piperidine rings is 1. The van der Waals surface area contributed by atoms with E-state index in [1.807, 2.05) is 48.3 Å². The van der Waals surface area contributed by atoms with Crippen LogP contribution in [0.1, 0.15) is 38.2 Å². The summed E-state index contributed by atoms with van der Waals surface area (Å²) in [6.07, 6.45) is 3.43. The largest absolute Gasteiger partial charge is 0.462 e. The smallest absolute Gasteiger partial charge is 0.310 e. The molecule has 5 heteroatoms. The molecule has 1 aliphatic heterocycles. The summed E-state index contributed by atoms with van der Waals surface area (Å²) in [5.41, 5.74) is 3.18. The molecule has 1 amide bonds. The zero-order chi connectivity index (χ0) is 22.1. The molecule has 0 saturated carbocycles. The van der Waals surface area contributed by atoms with Gasteiger partial charge in [-0.25, -0.2) is 0 Å². The van der Waals surface area contributed by atoms with E-state index in [2.05, 4.69) is 30.0 Å². The molecule has 166 valence electrons. The molecule has 0 atom stereocenters. The highest BCUT2D eigenvalue weighted by molar-refractivity contribution is 5.78. The van der Waals surface area contributed by atoms with Crippen LogP contribution in [0.2, 0.25) is 0 Å². The van der Waals surface area contributed by atoms with E-state index in [0.717, 1.165) is 62.1 Å². The number of carbonyl (C=O) groups is 2. The van der Waals surface area contributed by atoms with Crippen molar-refractivity contribution in [3.8, 4) is 11.1 Å². The molecular weight excluding hydrogens is 388 g/mol. The normalized spacial score (nSPS) is 14.9. The fraction of sp³-hybridized carbons (Fsp3) is 0.462. The molecule has 3 rings (SSSR count). The Kier molecular flexibility index (Phi) is 8.65. The van der Waals surface area contributed by atoms with Crippen molar-refractivity contribution in [3.05, 3.63) is 60.2 Å². The number of rotatable bonds is 9. The van der Waals surface area contributed by atoms with Gasteiger partial charge in [-0.3, -0.25) is 9.59 Å². The minimum Gasteiger partial charge on any atom is -0.462 e. The predicted molar refractivity (Wildman–Crippen MR) is 124 cm³/mol. The molecule has 0 unspecified atom stereocenters. The van der Waals surface area contributed by atoms with Gasteiger partial charge < -0.3 is 14.5 Å². The number of esters is 1. The Labute approximate surface area is 186 Å². The lowest BCUT2D eigenvalue weighted by Crippen LogP contribution is -2.40. The van der Waals surface area contributed by atoms with Gasteiger partial charge in [-0.05, 0) is 36.0 Å². The lowest BCUT2D eigenvalue weighted by molar-refractivity contribution is -0.150. The number of amides is 1. The third-order valence-electron chi connectivity index (χ3n) is 5.90. The second-order valence-corrected chi connectivity index (χ2v) is 8.30. The van der Waals surface area contributed by atoms with E-state index in [1.54, 1.807) is 0 Å². The van der Waals surface area contributed by atoms with Crippen LogP contribution in [-0.4, -0.2) is 61.0 Å². The molecule has 31 heavy (non-hydrogen) atoms. The van der Waals surface area contributed by atoms with Gasteiger partial charge in [0.1, 0.15) is 6.10 Å². The molecule has 1 heterocycles. The van der Waals surface area contributed by atoms with Crippen LogP contribution in [0.25, 0.3) is 11.1 Å². The highest BCUT2D eigenvalue weighted by Gasteiger charge is 2.23. The van der Waals surface area contributed by atoms with Gasteiger partial charge in [0.25, 0.3) is 0 Å². The van der Waals surface area contributed by atoms with E-state index in [4.69, 9.17) is 4.74 Å². The Bertz CT molecular complexity index is 845. The van der Waals surface area contributed by atoms with Crippen LogP contribution in [0.5, 0.6) is 0 Å². The van der Waals surface area contributed by atoms with Crippen LogP contribution in [0.4, 0.5) is 0 Å². The van der Waals surface area contributed by atoms with Gasteiger partial charge in [0.05, 0.1) is 6.42 Å². The fourth-order valence-electron chi connectivity index (χ4n) is 4.11. The van der Waals surface area contributed by atoms with Crippen LogP contribution in [-0.2, 0) is 20.7 Å². The monoisotopic (exact) mass is 422 g/mol. The zero-order valence-electron chi connectivity index (χ0n) is 18.8. The molecule has 0 radical (unpaired) electrons. The summed E-state index contributed by atoms with van der Waals surface area (Å²) >= 11 is 0. The molecular formula is C26H34N2O3. The van der Waals surface area contributed by atoms with E-state index in [-0.39, 0.29) is 24.4 Å². The Morgan fingerprint density at radius 3 is 2.42 bits per heavy atom. The first-order chi connectivity index (χ1) is 15.1. The molecule has 1 saturated heterocycles. The summed E-state index contributed by atoms with van der Waals surface area (Å²) in [5.74, 6) is 0.0330. The van der Waals surface area contributed by atoms with Crippen molar-refractivity contribution < 1.29 is 14.3 Å². The highest BCUT2D eigenvalue weighted by atomic mass is 16.5. The second-order valence-electron chi connectivity index (χ2n) is 8.30. The summed E-state index contributed by atoms with van der Waals surface area (Å²) in [5, 5.41) is 0. The molecule has 0 bridgehead atoms. The third-order valence-corrected chi connectivity index (χ3v) is 5.90. The first-order valence-corrected chi connectivity index (χ1v) is 11.4. The minimum atomic E-state index is -0.168. The molecule has 0 aromatic heterocycles. The van der Waals surface area contributed by atoms with Gasteiger partial charge >= 0.3 is 5.97 Å². The van der Waals surface area contributed by atoms with Crippen LogP contribution >= 0.6 is 0 Å². The van der Waals surface area contributed by atoms with Gasteiger partial charge in [-0.2, -0.15) is 0 Å². The number of nitrogens with zero attached hydrogens (tertiary/aromatic N) is 2. The number of likely N-dealkylation sites (tertiary alicyclic amines) is 1. The average molecular weight is 423 g/mol. The standard InChI is InChI=1S/C26H34N2O3/c1-3-16-27(2)25(29)15-19-28-17-13-23(14-18-28)31-26(30)20-22-11-7-8-12-24(22)21-9-5-4-6-10-21/h4-12,23H,3,13-20H2,1-2H3. The quantitative estimate of drug-likeness (QED) is 0.570. The lowest BCUT2D eigenvalue weighted by atomic mass is 9.98. The van der Waals surface area contributed by atoms with E-state index in [0.29, 0.717) is 6.42 Å². The van der Waals surface area contributed by atoms with Crippen LogP contribution in [0, 0.1) is 0 Å². The Morgan fingerprint density at radius 2 is 1.71 bits per heavy atom. The van der Waals surface area contributed by atoms with Crippen molar-refractivity contribution in [3.63, 3.8) is 0 Å². The average Bonchev–Trinajstić information content (AvgIpc) is 2.79. The van der Waals surface area contributed by atoms with Crippen molar-refractivity contribution >= 4 is 11.9 Å². The van der Waals surface area contributed by atoms with Crippen molar-refractivity contribution in [1.29, 1.82) is 0 Å². The van der Waals surface area contributed by atoms with Crippen LogP contribution < -0.4 is 0 Å². The molecule has 5 nitrogen and oxygen atoms in total. The predicted octanol–water partition coefficient (Wildman–Crippen LogP) is 4.16. The summed E-state index contributed by atoms with van der Waals surface area (Å²) < 4.78 is 5.79. The molecule has 2 aromatic rings. The SMILES string of the molecule is CCCN(C)C(=O)CCN1CCC(OC(=O)Cc2ccccc2-c2ccccc2)CC1. The van der Waals surface area contributed by atoms with Crippen molar-refractivity contribution in [2.45, 2.75) is 45.1 Å². The summed E-state index contributed by atoms with van der Waals surface area (Å²) in [6.45, 7) is 5.39. The molecule has 2 aromatic carbocycles. The molecule has 1 fully saturated rings. The number of ether oxygens (including phenoxy) is 1. The van der Waals surface area contributed by atoms with E-state index in [9.17, 15) is 9.59 Å². The van der Waals surface area contributed by atoms with Crippen molar-refractivity contribution in [2.75, 3.05) is 33.2 Å². The summed E-state index contributed by atoms with van der Waals surface area (Å²) in [4.78, 5) is 28.8. The maximum absolute atomic E-state index is 12.6. The van der Waals surface area contributed by atoms with Gasteiger partial charge in [-0.15, -0.1) is 0 Å². The third kappa shape index (κ3) is 6.93. The van der Waals surface area contributed by atoms with E-state index in [1.165, 1.54) is 0 Å². The Morgan fingerprint density at radius 1 is 1.03 bits per heavy atom. The molecule has 0 N–H and O–H groups in total. The molecule has 0 spiro atoms. The summed E-state index contributed by atoms with van der Waals surface area (Å²) in [6, 6.07) is 18.1. The number of benzene rings is 2. The fourth-order valence-corrected chi connectivity index (χ4v) is 4.11. The maximum atomic E-state index is 12.6. The Balaban J connectivity index is 1.45. The first-order valence-electron chi connectivity index (χ1n) is 11.4. The van der Waals surface area contributed by atoms with Gasteiger partial charge in [-0.1, -0.05) is 61.5 Å². The van der Waals surface area contributed by atoms with Crippen molar-refractivity contribution in [2.24, 2.45) is 0 Å². The zero-order valence-corrected chi connectivity index (χ0v) is 18.8. The minimum absolute atomic E-state index is 0.0360. The lowest BCUT2D eigenvalue weighted by Gasteiger charge is -2.31. The number of carbonyl (C=O) groups excluding carboxylic acids is 2. The maximum Gasteiger partial charge on any atom is 0.310 e. The van der Waals surface area contributed by atoms with Crippen LogP contribution in [0.15, 0.2) is 54.6 Å². The van der Waals surface area contributed by atoms with E-state index >= 15 is 0 Å². The number of hydrogen-bond donors (Lipinski definition) is 0. The van der Waals surface area contributed by atoms with Crippen molar-refractivity contribution in [1.82, 2.24) is 9.80 Å². The molecule has 1 aliphatic rings. The topological polar surface area (TPSA) is 49.9 Å². The van der Waals surface area contributed by atoms with E-state index < -0.39 is 0 Å². The molecule has 0 aliphatic carbocycles. The first kappa shape index (κ1) is 23.0. The van der Waals surface area contributed by atoms with Gasteiger partial charge in [0.15, 0.2) is 0 Å². The van der Waals surface area contributed by atoms with Gasteiger partial charge in [0, 0.05) is 39.6 Å².